The molecule has 0 spiro atoms. The molecule has 0 saturated heterocycles. The summed E-state index contributed by atoms with van der Waals surface area (Å²) in [6, 6.07) is 9.08. The molecule has 36 heavy (non-hydrogen) atoms. The van der Waals surface area contributed by atoms with Crippen LogP contribution in [0, 0.1) is 6.92 Å². The minimum absolute atomic E-state index is 0.0811. The highest BCUT2D eigenvalue weighted by Gasteiger charge is 2.31. The standard InChI is InChI=1S/C25H33Cl2N3O5S/c1-6-7-13-28-25(32)18(3)29(15-19-20(26)9-8-10-21(19)27)24(31)16-30(36(5,33)34)22-14-17(2)11-12-23(22)35-4/h8-12,14,18H,6-7,13,15-16H2,1-5H3,(H,28,32)/t18-/m0/s1. The average Bonchev–Trinajstić information content (AvgIpc) is 2.81. The van der Waals surface area contributed by atoms with Gasteiger partial charge in [0.15, 0.2) is 0 Å². The highest BCUT2D eigenvalue weighted by molar-refractivity contribution is 7.92. The molecule has 2 aromatic carbocycles. The van der Waals surface area contributed by atoms with Gasteiger partial charge in [-0.25, -0.2) is 8.42 Å². The summed E-state index contributed by atoms with van der Waals surface area (Å²) in [5, 5.41) is 3.49. The molecule has 0 aromatic heterocycles. The molecule has 8 nitrogen and oxygen atoms in total. The lowest BCUT2D eigenvalue weighted by Crippen LogP contribution is -2.51. The van der Waals surface area contributed by atoms with E-state index in [4.69, 9.17) is 27.9 Å². The zero-order valence-electron chi connectivity index (χ0n) is 21.2. The molecule has 1 atom stereocenters. The van der Waals surface area contributed by atoms with Crippen molar-refractivity contribution in [3.63, 3.8) is 0 Å². The number of carbonyl (C=O) groups is 2. The molecule has 0 aliphatic carbocycles. The third-order valence-electron chi connectivity index (χ3n) is 5.67. The van der Waals surface area contributed by atoms with E-state index >= 15 is 0 Å². The molecule has 2 aromatic rings. The van der Waals surface area contributed by atoms with Crippen LogP contribution in [-0.2, 0) is 26.2 Å². The van der Waals surface area contributed by atoms with Crippen molar-refractivity contribution in [1.82, 2.24) is 10.2 Å². The number of sulfonamides is 1. The first-order valence-corrected chi connectivity index (χ1v) is 14.1. The van der Waals surface area contributed by atoms with Crippen LogP contribution in [-0.4, -0.2) is 57.6 Å². The number of unbranched alkanes of at least 4 members (excludes halogenated alkanes) is 1. The molecule has 198 valence electrons. The van der Waals surface area contributed by atoms with Crippen LogP contribution in [0.2, 0.25) is 10.0 Å². The van der Waals surface area contributed by atoms with E-state index in [1.165, 1.54) is 12.0 Å². The third-order valence-corrected chi connectivity index (χ3v) is 7.50. The van der Waals surface area contributed by atoms with Crippen LogP contribution in [0.1, 0.15) is 37.8 Å². The van der Waals surface area contributed by atoms with Crippen molar-refractivity contribution < 1.29 is 22.7 Å². The molecule has 2 rings (SSSR count). The number of ether oxygens (including phenoxy) is 1. The largest absolute Gasteiger partial charge is 0.495 e. The van der Waals surface area contributed by atoms with E-state index in [1.807, 2.05) is 6.92 Å². The Morgan fingerprint density at radius 2 is 1.78 bits per heavy atom. The first-order chi connectivity index (χ1) is 16.9. The second-order valence-electron chi connectivity index (χ2n) is 8.49. The zero-order chi connectivity index (χ0) is 27.0. The Balaban J connectivity index is 2.48. The fourth-order valence-corrected chi connectivity index (χ4v) is 4.92. The van der Waals surface area contributed by atoms with Gasteiger partial charge >= 0.3 is 0 Å². The molecule has 11 heteroatoms. The van der Waals surface area contributed by atoms with Crippen molar-refractivity contribution in [3.8, 4) is 5.75 Å². The summed E-state index contributed by atoms with van der Waals surface area (Å²) in [5.74, 6) is -0.665. The lowest BCUT2D eigenvalue weighted by molar-refractivity contribution is -0.139. The van der Waals surface area contributed by atoms with E-state index in [9.17, 15) is 18.0 Å². The topological polar surface area (TPSA) is 96.0 Å². The summed E-state index contributed by atoms with van der Waals surface area (Å²) < 4.78 is 31.9. The SMILES string of the molecule is CCCCNC(=O)[C@H](C)N(Cc1c(Cl)cccc1Cl)C(=O)CN(c1cc(C)ccc1OC)S(C)(=O)=O. The van der Waals surface area contributed by atoms with Gasteiger partial charge in [-0.2, -0.15) is 0 Å². The second kappa shape index (κ2) is 13.2. The van der Waals surface area contributed by atoms with Crippen molar-refractivity contribution in [2.24, 2.45) is 0 Å². The molecule has 2 amide bonds. The molecule has 0 aliphatic heterocycles. The van der Waals surface area contributed by atoms with E-state index in [2.05, 4.69) is 5.32 Å². The van der Waals surface area contributed by atoms with Gasteiger partial charge in [0.25, 0.3) is 0 Å². The first kappa shape index (κ1) is 29.7. The molecule has 0 bridgehead atoms. The number of aryl methyl sites for hydroxylation is 1. The van der Waals surface area contributed by atoms with Crippen LogP contribution < -0.4 is 14.4 Å². The Morgan fingerprint density at radius 1 is 1.14 bits per heavy atom. The van der Waals surface area contributed by atoms with Crippen molar-refractivity contribution >= 4 is 50.7 Å². The molecule has 0 radical (unpaired) electrons. The number of rotatable bonds is 12. The van der Waals surface area contributed by atoms with Gasteiger partial charge in [0, 0.05) is 28.7 Å². The van der Waals surface area contributed by atoms with Crippen LogP contribution in [0.15, 0.2) is 36.4 Å². The smallest absolute Gasteiger partial charge is 0.244 e. The van der Waals surface area contributed by atoms with Crippen LogP contribution >= 0.6 is 23.2 Å². The predicted molar refractivity (Wildman–Crippen MR) is 144 cm³/mol. The van der Waals surface area contributed by atoms with Crippen LogP contribution in [0.25, 0.3) is 0 Å². The van der Waals surface area contributed by atoms with Gasteiger partial charge in [-0.15, -0.1) is 0 Å². The fourth-order valence-electron chi connectivity index (χ4n) is 3.56. The van der Waals surface area contributed by atoms with Gasteiger partial charge in [0.1, 0.15) is 18.3 Å². The van der Waals surface area contributed by atoms with E-state index in [0.29, 0.717) is 27.9 Å². The molecule has 0 heterocycles. The minimum atomic E-state index is -3.90. The molecule has 0 unspecified atom stereocenters. The van der Waals surface area contributed by atoms with Crippen LogP contribution in [0.4, 0.5) is 5.69 Å². The molecule has 0 fully saturated rings. The Morgan fingerprint density at radius 3 is 2.33 bits per heavy atom. The molecule has 0 saturated carbocycles. The number of carbonyl (C=O) groups excluding carboxylic acids is 2. The van der Waals surface area contributed by atoms with Crippen molar-refractivity contribution in [1.29, 1.82) is 0 Å². The third kappa shape index (κ3) is 7.75. The monoisotopic (exact) mass is 557 g/mol. The number of anilines is 1. The van der Waals surface area contributed by atoms with Crippen molar-refractivity contribution in [3.05, 3.63) is 57.6 Å². The van der Waals surface area contributed by atoms with Gasteiger partial charge < -0.3 is 15.0 Å². The second-order valence-corrected chi connectivity index (χ2v) is 11.2. The van der Waals surface area contributed by atoms with Crippen LogP contribution in [0.3, 0.4) is 0 Å². The summed E-state index contributed by atoms with van der Waals surface area (Å²) in [4.78, 5) is 27.9. The highest BCUT2D eigenvalue weighted by Crippen LogP contribution is 2.32. The fraction of sp³-hybridized carbons (Fsp3) is 0.440. The zero-order valence-corrected chi connectivity index (χ0v) is 23.5. The minimum Gasteiger partial charge on any atom is -0.495 e. The number of methoxy groups -OCH3 is 1. The Bertz CT molecular complexity index is 1170. The normalized spacial score (nSPS) is 12.1. The summed E-state index contributed by atoms with van der Waals surface area (Å²) in [6.45, 7) is 5.23. The summed E-state index contributed by atoms with van der Waals surface area (Å²) >= 11 is 12.7. The van der Waals surface area contributed by atoms with E-state index < -0.39 is 28.5 Å². The quantitative estimate of drug-likeness (QED) is 0.390. The molecular weight excluding hydrogens is 525 g/mol. The summed E-state index contributed by atoms with van der Waals surface area (Å²) in [5.41, 5.74) is 1.47. The lowest BCUT2D eigenvalue weighted by atomic mass is 10.1. The number of benzene rings is 2. The first-order valence-electron chi connectivity index (χ1n) is 11.5. The number of amides is 2. The number of hydrogen-bond donors (Lipinski definition) is 1. The maximum Gasteiger partial charge on any atom is 0.244 e. The average molecular weight is 559 g/mol. The summed E-state index contributed by atoms with van der Waals surface area (Å²) in [7, 11) is -2.47. The van der Waals surface area contributed by atoms with E-state index in [0.717, 1.165) is 29.0 Å². The number of hydrogen-bond acceptors (Lipinski definition) is 5. The Hall–Kier alpha value is -2.49. The lowest BCUT2D eigenvalue weighted by Gasteiger charge is -2.32. The number of halogens is 2. The van der Waals surface area contributed by atoms with E-state index in [-0.39, 0.29) is 18.1 Å². The van der Waals surface area contributed by atoms with Gasteiger partial charge in [-0.3, -0.25) is 13.9 Å². The molecule has 0 aliphatic rings. The van der Waals surface area contributed by atoms with Gasteiger partial charge in [-0.05, 0) is 50.1 Å². The van der Waals surface area contributed by atoms with Crippen LogP contribution in [0.5, 0.6) is 5.75 Å². The van der Waals surface area contributed by atoms with Crippen molar-refractivity contribution in [2.75, 3.05) is 30.8 Å². The highest BCUT2D eigenvalue weighted by atomic mass is 35.5. The van der Waals surface area contributed by atoms with Gasteiger partial charge in [0.05, 0.1) is 19.1 Å². The molecular formula is C25H33Cl2N3O5S. The number of nitrogens with zero attached hydrogens (tertiary/aromatic N) is 2. The number of nitrogens with one attached hydrogen (secondary N) is 1. The Labute approximate surface area is 223 Å². The Kier molecular flexibility index (Phi) is 10.9. The van der Waals surface area contributed by atoms with E-state index in [1.54, 1.807) is 50.2 Å². The van der Waals surface area contributed by atoms with Gasteiger partial charge in [0.2, 0.25) is 21.8 Å². The predicted octanol–water partition coefficient (Wildman–Crippen LogP) is 4.41. The summed E-state index contributed by atoms with van der Waals surface area (Å²) in [6.07, 6.45) is 2.70. The van der Waals surface area contributed by atoms with Gasteiger partial charge in [-0.1, -0.05) is 48.7 Å². The maximum atomic E-state index is 13.7. The molecule has 1 N–H and O–H groups in total. The maximum absolute atomic E-state index is 13.7. The van der Waals surface area contributed by atoms with Crippen molar-refractivity contribution in [2.45, 2.75) is 46.2 Å².